The second kappa shape index (κ2) is 12.5. The summed E-state index contributed by atoms with van der Waals surface area (Å²) in [6.07, 6.45) is 9.45. The summed E-state index contributed by atoms with van der Waals surface area (Å²) >= 11 is 1.27. The Morgan fingerprint density at radius 2 is 1.76 bits per heavy atom. The van der Waals surface area contributed by atoms with E-state index in [0.717, 1.165) is 17.7 Å². The molecule has 0 aromatic carbocycles. The molecule has 1 aliphatic carbocycles. The molecule has 1 heterocycles. The van der Waals surface area contributed by atoms with Crippen molar-refractivity contribution >= 4 is 28.8 Å². The number of thiophene rings is 1. The van der Waals surface area contributed by atoms with Crippen LogP contribution in [-0.4, -0.2) is 47.4 Å². The van der Waals surface area contributed by atoms with Gasteiger partial charge in [0.25, 0.3) is 0 Å². The Hall–Kier alpha value is -1.96. The Kier molecular flexibility index (Phi) is 10.3. The predicted molar refractivity (Wildman–Crippen MR) is 134 cm³/mol. The number of carboxylic acid groups (broad SMARTS) is 1. The van der Waals surface area contributed by atoms with Crippen molar-refractivity contribution in [3.63, 3.8) is 0 Å². The number of carbonyl (C=O) groups is 2. The lowest BCUT2D eigenvalue weighted by atomic mass is 9.87. The van der Waals surface area contributed by atoms with Gasteiger partial charge in [0.1, 0.15) is 16.9 Å². The van der Waals surface area contributed by atoms with Gasteiger partial charge in [0, 0.05) is 36.8 Å². The van der Waals surface area contributed by atoms with Gasteiger partial charge < -0.3 is 19.8 Å². The van der Waals surface area contributed by atoms with Crippen LogP contribution in [-0.2, 0) is 9.53 Å². The van der Waals surface area contributed by atoms with Crippen molar-refractivity contribution in [3.05, 3.63) is 40.1 Å². The summed E-state index contributed by atoms with van der Waals surface area (Å²) in [5.74, 6) is -0.409. The third-order valence-electron chi connectivity index (χ3n) is 6.18. The molecule has 6 nitrogen and oxygen atoms in total. The lowest BCUT2D eigenvalue weighted by Gasteiger charge is -2.36. The monoisotopic (exact) mass is 477 g/mol. The fourth-order valence-corrected chi connectivity index (χ4v) is 5.18. The number of ether oxygens (including phenoxy) is 1. The zero-order chi connectivity index (χ0) is 24.7. The van der Waals surface area contributed by atoms with Gasteiger partial charge >= 0.3 is 5.97 Å². The van der Waals surface area contributed by atoms with E-state index < -0.39 is 12.2 Å². The first-order chi connectivity index (χ1) is 15.5. The number of ketones is 1. The highest BCUT2D eigenvalue weighted by Crippen LogP contribution is 2.41. The standard InChI is InChI=1S/C26H39NO5S/c1-16(2)7-8-17(3)25(29)27(18(4)9-10-19(5)32-6)22-15-23(33-24(22)26(30)31)20-11-13-21(28)14-12-20/h7-10,15-20,25,29H,11-14H2,1-6H3,(H,30,31)/b8-7+,10-9+. The number of hydrogen-bond acceptors (Lipinski definition) is 6. The minimum absolute atomic E-state index is 0.0959. The first kappa shape index (κ1) is 27.3. The van der Waals surface area contributed by atoms with Crippen LogP contribution in [0, 0.1) is 11.8 Å². The van der Waals surface area contributed by atoms with Gasteiger partial charge in [0.15, 0.2) is 0 Å². The van der Waals surface area contributed by atoms with Gasteiger partial charge in [-0.2, -0.15) is 0 Å². The van der Waals surface area contributed by atoms with Crippen molar-refractivity contribution in [1.29, 1.82) is 0 Å². The van der Waals surface area contributed by atoms with Crippen LogP contribution in [0.3, 0.4) is 0 Å². The molecule has 0 bridgehead atoms. The lowest BCUT2D eigenvalue weighted by molar-refractivity contribution is -0.120. The van der Waals surface area contributed by atoms with Crippen LogP contribution in [0.2, 0.25) is 0 Å². The number of aliphatic hydroxyl groups excluding tert-OH is 1. The van der Waals surface area contributed by atoms with E-state index in [2.05, 4.69) is 19.9 Å². The number of carbonyl (C=O) groups excluding carboxylic acids is 1. The van der Waals surface area contributed by atoms with Gasteiger partial charge in [0.05, 0.1) is 11.8 Å². The van der Waals surface area contributed by atoms with Crippen LogP contribution >= 0.6 is 11.3 Å². The summed E-state index contributed by atoms with van der Waals surface area (Å²) in [4.78, 5) is 26.9. The number of methoxy groups -OCH3 is 1. The summed E-state index contributed by atoms with van der Waals surface area (Å²) in [7, 11) is 1.63. The van der Waals surface area contributed by atoms with Crippen LogP contribution < -0.4 is 4.90 Å². The van der Waals surface area contributed by atoms with E-state index >= 15 is 0 Å². The topological polar surface area (TPSA) is 87.1 Å². The van der Waals surface area contributed by atoms with Gasteiger partial charge in [-0.25, -0.2) is 4.79 Å². The molecule has 184 valence electrons. The molecule has 1 aromatic rings. The summed E-state index contributed by atoms with van der Waals surface area (Å²) < 4.78 is 5.31. The average Bonchev–Trinajstić information content (AvgIpc) is 3.21. The number of nitrogens with zero attached hydrogens (tertiary/aromatic N) is 1. The minimum Gasteiger partial charge on any atom is -0.477 e. The van der Waals surface area contributed by atoms with E-state index in [0.29, 0.717) is 24.4 Å². The second-order valence-corrected chi connectivity index (χ2v) is 10.4. The summed E-state index contributed by atoms with van der Waals surface area (Å²) in [5, 5.41) is 21.4. The van der Waals surface area contributed by atoms with Gasteiger partial charge in [-0.3, -0.25) is 4.79 Å². The van der Waals surface area contributed by atoms with Crippen molar-refractivity contribution in [2.24, 2.45) is 11.8 Å². The highest BCUT2D eigenvalue weighted by atomic mass is 32.1. The normalized spacial score (nSPS) is 19.3. The highest BCUT2D eigenvalue weighted by Gasteiger charge is 2.32. The number of Topliss-reactive ketones (excluding diaryl/α,β-unsaturated/α-hetero) is 1. The molecule has 7 heteroatoms. The van der Waals surface area contributed by atoms with E-state index in [1.807, 2.05) is 45.1 Å². The number of rotatable bonds is 11. The molecule has 1 fully saturated rings. The molecule has 1 aliphatic rings. The van der Waals surface area contributed by atoms with E-state index in [1.54, 1.807) is 12.0 Å². The molecule has 0 aliphatic heterocycles. The molecule has 4 unspecified atom stereocenters. The Morgan fingerprint density at radius 3 is 2.30 bits per heavy atom. The molecular weight excluding hydrogens is 438 g/mol. The molecule has 1 aromatic heterocycles. The maximum absolute atomic E-state index is 12.2. The zero-order valence-electron chi connectivity index (χ0n) is 20.7. The second-order valence-electron chi connectivity index (χ2n) is 9.36. The largest absolute Gasteiger partial charge is 0.477 e. The SMILES string of the molecule is COC(C)/C=C/C(C)N(c1cc(C2CCC(=O)CC2)sc1C(=O)O)C(O)C(C)/C=C/C(C)C. The van der Waals surface area contributed by atoms with Gasteiger partial charge in [-0.15, -0.1) is 11.3 Å². The first-order valence-electron chi connectivity index (χ1n) is 11.8. The van der Waals surface area contributed by atoms with Crippen molar-refractivity contribution in [2.45, 2.75) is 84.6 Å². The highest BCUT2D eigenvalue weighted by molar-refractivity contribution is 7.14. The molecule has 0 radical (unpaired) electrons. The van der Waals surface area contributed by atoms with Gasteiger partial charge in [-0.1, -0.05) is 45.1 Å². The van der Waals surface area contributed by atoms with E-state index in [1.165, 1.54) is 11.3 Å². The Morgan fingerprint density at radius 1 is 1.12 bits per heavy atom. The first-order valence-corrected chi connectivity index (χ1v) is 12.6. The van der Waals surface area contributed by atoms with Crippen LogP contribution in [0.25, 0.3) is 0 Å². The van der Waals surface area contributed by atoms with Crippen LogP contribution in [0.1, 0.15) is 80.8 Å². The average molecular weight is 478 g/mol. The fraction of sp³-hybridized carbons (Fsp3) is 0.615. The number of anilines is 1. The van der Waals surface area contributed by atoms with Crippen molar-refractivity contribution in [2.75, 3.05) is 12.0 Å². The van der Waals surface area contributed by atoms with Crippen LogP contribution in [0.15, 0.2) is 30.4 Å². The number of hydrogen-bond donors (Lipinski definition) is 2. The molecule has 2 N–H and O–H groups in total. The van der Waals surface area contributed by atoms with Gasteiger partial charge in [0.2, 0.25) is 0 Å². The molecule has 0 amide bonds. The lowest BCUT2D eigenvalue weighted by Crippen LogP contribution is -2.45. The Bertz CT molecular complexity index is 849. The molecule has 0 saturated heterocycles. The zero-order valence-corrected chi connectivity index (χ0v) is 21.5. The van der Waals surface area contributed by atoms with E-state index in [4.69, 9.17) is 4.74 Å². The molecule has 33 heavy (non-hydrogen) atoms. The fourth-order valence-electron chi connectivity index (χ4n) is 4.01. The molecule has 0 spiro atoms. The predicted octanol–water partition coefficient (Wildman–Crippen LogP) is 5.63. The van der Waals surface area contributed by atoms with Crippen LogP contribution in [0.5, 0.6) is 0 Å². The minimum atomic E-state index is -1.00. The van der Waals surface area contributed by atoms with E-state index in [-0.39, 0.29) is 34.6 Å². The summed E-state index contributed by atoms with van der Waals surface area (Å²) in [5.41, 5.74) is 0.527. The molecule has 1 saturated carbocycles. The number of allylic oxidation sites excluding steroid dienone is 1. The Balaban J connectivity index is 2.48. The van der Waals surface area contributed by atoms with Crippen LogP contribution in [0.4, 0.5) is 5.69 Å². The maximum Gasteiger partial charge on any atom is 0.348 e. The number of carboxylic acids is 1. The molecule has 2 rings (SSSR count). The van der Waals surface area contributed by atoms with Crippen molar-refractivity contribution in [1.82, 2.24) is 0 Å². The van der Waals surface area contributed by atoms with E-state index in [9.17, 15) is 19.8 Å². The smallest absolute Gasteiger partial charge is 0.348 e. The number of aliphatic hydroxyl groups is 1. The number of aromatic carboxylic acids is 1. The third kappa shape index (κ3) is 7.52. The Labute approximate surface area is 202 Å². The summed E-state index contributed by atoms with van der Waals surface area (Å²) in [6.45, 7) is 9.96. The molecular formula is C26H39NO5S. The molecule has 4 atom stereocenters. The third-order valence-corrected chi connectivity index (χ3v) is 7.45. The van der Waals surface area contributed by atoms with Crippen molar-refractivity contribution in [3.8, 4) is 0 Å². The maximum atomic E-state index is 12.2. The van der Waals surface area contributed by atoms with Gasteiger partial charge in [-0.05, 0) is 44.6 Å². The summed E-state index contributed by atoms with van der Waals surface area (Å²) in [6, 6.07) is 1.65. The van der Waals surface area contributed by atoms with Crippen molar-refractivity contribution < 1.29 is 24.5 Å². The quantitative estimate of drug-likeness (QED) is 0.317.